The van der Waals surface area contributed by atoms with Gasteiger partial charge >= 0.3 is 17.9 Å². The predicted molar refractivity (Wildman–Crippen MR) is 140 cm³/mol. The van der Waals surface area contributed by atoms with Gasteiger partial charge in [-0.1, -0.05) is 38.3 Å². The van der Waals surface area contributed by atoms with E-state index >= 15 is 0 Å². The Morgan fingerprint density at radius 1 is 1.03 bits per heavy atom. The highest BCUT2D eigenvalue weighted by Crippen LogP contribution is 2.32. The van der Waals surface area contributed by atoms with Gasteiger partial charge in [0.1, 0.15) is 24.5 Å². The van der Waals surface area contributed by atoms with Crippen LogP contribution < -0.4 is 15.8 Å². The second-order valence-electron chi connectivity index (χ2n) is 8.94. The number of carbonyl (C=O) groups excluding carboxylic acids is 3. The fourth-order valence-corrected chi connectivity index (χ4v) is 4.92. The van der Waals surface area contributed by atoms with Crippen molar-refractivity contribution in [3.63, 3.8) is 0 Å². The number of para-hydroxylation sites is 1. The number of ether oxygens (including phenoxy) is 3. The van der Waals surface area contributed by atoms with Crippen molar-refractivity contribution in [1.82, 2.24) is 5.32 Å². The quantitative estimate of drug-likeness (QED) is 0.177. The third-order valence-corrected chi connectivity index (χ3v) is 7.16. The molecule has 2 aromatic carbocycles. The van der Waals surface area contributed by atoms with E-state index in [2.05, 4.69) is 28.2 Å². The molecule has 9 heteroatoms. The fraction of sp³-hybridized carbons (Fsp3) is 0.444. The number of rotatable bonds is 10. The number of halogens is 1. The number of esters is 3. The van der Waals surface area contributed by atoms with Crippen molar-refractivity contribution in [3.05, 3.63) is 57.6 Å². The molecule has 0 spiro atoms. The number of nitrogen functional groups attached to an aromatic ring is 1. The molecule has 0 radical (unpaired) electrons. The molecule has 1 aliphatic rings. The van der Waals surface area contributed by atoms with Crippen molar-refractivity contribution >= 4 is 39.5 Å². The first-order valence-electron chi connectivity index (χ1n) is 12.2. The van der Waals surface area contributed by atoms with Crippen molar-refractivity contribution in [2.45, 2.75) is 64.5 Å². The van der Waals surface area contributed by atoms with Crippen LogP contribution in [0, 0.1) is 0 Å². The first-order valence-corrected chi connectivity index (χ1v) is 13.0. The highest BCUT2D eigenvalue weighted by Gasteiger charge is 2.29. The molecule has 0 atom stereocenters. The highest BCUT2D eigenvalue weighted by atomic mass is 79.9. The summed E-state index contributed by atoms with van der Waals surface area (Å²) in [5, 5.41) is 3.69. The Balaban J connectivity index is 1.56. The molecule has 194 valence electrons. The molecule has 0 bridgehead atoms. The van der Waals surface area contributed by atoms with E-state index in [4.69, 9.17) is 19.9 Å². The number of hydrogen-bond donors (Lipinski definition) is 2. The van der Waals surface area contributed by atoms with Crippen LogP contribution in [0.1, 0.15) is 78.7 Å². The predicted octanol–water partition coefficient (Wildman–Crippen LogP) is 5.17. The SMILES string of the molecule is CCC1(NCc2cc(C(=O)OCCOC(=O)c3ccccc3OC(C)=O)cc(Br)c2N)CCCCC1. The minimum absolute atomic E-state index is 0.103. The van der Waals surface area contributed by atoms with E-state index in [1.807, 2.05) is 0 Å². The lowest BCUT2D eigenvalue weighted by atomic mass is 9.79. The van der Waals surface area contributed by atoms with E-state index in [0.717, 1.165) is 24.8 Å². The van der Waals surface area contributed by atoms with Crippen LogP contribution in [0.2, 0.25) is 0 Å². The van der Waals surface area contributed by atoms with Crippen molar-refractivity contribution in [2.24, 2.45) is 0 Å². The molecular formula is C27H33BrN2O6. The Morgan fingerprint density at radius 2 is 1.69 bits per heavy atom. The van der Waals surface area contributed by atoms with Crippen molar-refractivity contribution in [1.29, 1.82) is 0 Å². The maximum Gasteiger partial charge on any atom is 0.342 e. The topological polar surface area (TPSA) is 117 Å². The van der Waals surface area contributed by atoms with Gasteiger partial charge in [0.05, 0.1) is 11.3 Å². The zero-order chi connectivity index (χ0) is 26.1. The Bertz CT molecular complexity index is 1100. The molecule has 0 aromatic heterocycles. The minimum atomic E-state index is -0.681. The average molecular weight is 561 g/mol. The third kappa shape index (κ3) is 7.30. The minimum Gasteiger partial charge on any atom is -0.458 e. The molecule has 3 N–H and O–H groups in total. The monoisotopic (exact) mass is 560 g/mol. The number of anilines is 1. The van der Waals surface area contributed by atoms with E-state index in [-0.39, 0.29) is 30.1 Å². The number of hydrogen-bond acceptors (Lipinski definition) is 8. The summed E-state index contributed by atoms with van der Waals surface area (Å²) in [6.07, 6.45) is 7.01. The first-order chi connectivity index (χ1) is 17.2. The van der Waals surface area contributed by atoms with Gasteiger partial charge in [-0.05, 0) is 65.0 Å². The summed E-state index contributed by atoms with van der Waals surface area (Å²) in [5.41, 5.74) is 8.25. The van der Waals surface area contributed by atoms with Gasteiger partial charge < -0.3 is 25.3 Å². The van der Waals surface area contributed by atoms with Crippen LogP contribution in [-0.4, -0.2) is 36.7 Å². The Hall–Kier alpha value is -2.91. The summed E-state index contributed by atoms with van der Waals surface area (Å²) in [6, 6.07) is 9.63. The van der Waals surface area contributed by atoms with Gasteiger partial charge in [0, 0.05) is 23.5 Å². The molecule has 1 fully saturated rings. The molecular weight excluding hydrogens is 528 g/mol. The van der Waals surface area contributed by atoms with E-state index in [1.165, 1.54) is 38.3 Å². The van der Waals surface area contributed by atoms with Gasteiger partial charge in [0.2, 0.25) is 0 Å². The normalized spacial score (nSPS) is 14.6. The summed E-state index contributed by atoms with van der Waals surface area (Å²) < 4.78 is 16.1. The zero-order valence-electron chi connectivity index (χ0n) is 20.7. The molecule has 8 nitrogen and oxygen atoms in total. The number of carbonyl (C=O) groups is 3. The molecule has 1 aliphatic carbocycles. The summed E-state index contributed by atoms with van der Waals surface area (Å²) in [5.74, 6) is -1.66. The average Bonchev–Trinajstić information content (AvgIpc) is 2.87. The zero-order valence-corrected chi connectivity index (χ0v) is 22.3. The van der Waals surface area contributed by atoms with Gasteiger partial charge in [-0.15, -0.1) is 0 Å². The van der Waals surface area contributed by atoms with E-state index in [0.29, 0.717) is 22.3 Å². The van der Waals surface area contributed by atoms with Gasteiger partial charge in [-0.3, -0.25) is 4.79 Å². The Kier molecular flexibility index (Phi) is 9.89. The lowest BCUT2D eigenvalue weighted by Crippen LogP contribution is -2.45. The van der Waals surface area contributed by atoms with Crippen molar-refractivity contribution < 1.29 is 28.6 Å². The van der Waals surface area contributed by atoms with Crippen LogP contribution >= 0.6 is 15.9 Å². The van der Waals surface area contributed by atoms with Crippen LogP contribution in [0.15, 0.2) is 40.9 Å². The van der Waals surface area contributed by atoms with E-state index < -0.39 is 17.9 Å². The largest absolute Gasteiger partial charge is 0.458 e. The Morgan fingerprint density at radius 3 is 2.36 bits per heavy atom. The first kappa shape index (κ1) is 27.7. The molecule has 2 aromatic rings. The van der Waals surface area contributed by atoms with Crippen LogP contribution in [-0.2, 0) is 20.8 Å². The van der Waals surface area contributed by atoms with Gasteiger partial charge in [0.15, 0.2) is 0 Å². The van der Waals surface area contributed by atoms with Crippen molar-refractivity contribution in [3.8, 4) is 5.75 Å². The number of benzene rings is 2. The van der Waals surface area contributed by atoms with Crippen LogP contribution in [0.3, 0.4) is 0 Å². The lowest BCUT2D eigenvalue weighted by molar-refractivity contribution is -0.131. The molecule has 0 unspecified atom stereocenters. The van der Waals surface area contributed by atoms with E-state index in [9.17, 15) is 14.4 Å². The van der Waals surface area contributed by atoms with E-state index in [1.54, 1.807) is 24.3 Å². The smallest absolute Gasteiger partial charge is 0.342 e. The van der Waals surface area contributed by atoms with Gasteiger partial charge in [-0.2, -0.15) is 0 Å². The van der Waals surface area contributed by atoms with Crippen LogP contribution in [0.5, 0.6) is 5.75 Å². The summed E-state index contributed by atoms with van der Waals surface area (Å²) in [6.45, 7) is 3.72. The fourth-order valence-electron chi connectivity index (χ4n) is 4.41. The van der Waals surface area contributed by atoms with Gasteiger partial charge in [0.25, 0.3) is 0 Å². The molecule has 3 rings (SSSR count). The highest BCUT2D eigenvalue weighted by molar-refractivity contribution is 9.10. The second-order valence-corrected chi connectivity index (χ2v) is 9.79. The van der Waals surface area contributed by atoms with Crippen molar-refractivity contribution in [2.75, 3.05) is 18.9 Å². The summed E-state index contributed by atoms with van der Waals surface area (Å²) in [7, 11) is 0. The molecule has 0 aliphatic heterocycles. The maximum atomic E-state index is 12.7. The number of nitrogens with one attached hydrogen (secondary N) is 1. The molecule has 0 amide bonds. The standard InChI is InChI=1S/C27H33BrN2O6/c1-3-27(11-7-4-8-12-27)30-17-20-15-19(16-22(28)24(20)29)25(32)34-13-14-35-26(33)21-9-5-6-10-23(21)36-18(2)31/h5-6,9-10,15-16,30H,3-4,7-8,11-14,17,29H2,1-2H3. The lowest BCUT2D eigenvalue weighted by Gasteiger charge is -2.38. The van der Waals surface area contributed by atoms with Crippen LogP contribution in [0.4, 0.5) is 5.69 Å². The molecule has 36 heavy (non-hydrogen) atoms. The molecule has 0 saturated heterocycles. The number of nitrogens with two attached hydrogens (primary N) is 1. The van der Waals surface area contributed by atoms with Gasteiger partial charge in [-0.25, -0.2) is 9.59 Å². The molecule has 0 heterocycles. The molecule has 1 saturated carbocycles. The third-order valence-electron chi connectivity index (χ3n) is 6.50. The summed E-state index contributed by atoms with van der Waals surface area (Å²) >= 11 is 3.45. The Labute approximate surface area is 220 Å². The maximum absolute atomic E-state index is 12.7. The summed E-state index contributed by atoms with van der Waals surface area (Å²) in [4.78, 5) is 36.3. The second kappa shape index (κ2) is 12.9. The van der Waals surface area contributed by atoms with Crippen LogP contribution in [0.25, 0.3) is 0 Å².